The Kier molecular flexibility index (Phi) is 27.1. The molecule has 1 aromatic rings. The second-order valence-electron chi connectivity index (χ2n) is 37.2. The quantitative estimate of drug-likeness (QED) is 0.0625. The van der Waals surface area contributed by atoms with Crippen molar-refractivity contribution in [2.45, 2.75) is 367 Å². The molecule has 94 heavy (non-hydrogen) atoms. The average molecular weight is 1300 g/mol. The van der Waals surface area contributed by atoms with E-state index in [2.05, 4.69) is 123 Å². The van der Waals surface area contributed by atoms with Gasteiger partial charge in [0.05, 0.1) is 18.9 Å². The highest BCUT2D eigenvalue weighted by Gasteiger charge is 2.61. The van der Waals surface area contributed by atoms with Crippen molar-refractivity contribution in [1.29, 1.82) is 0 Å². The second-order valence-corrected chi connectivity index (χ2v) is 37.2. The van der Waals surface area contributed by atoms with Crippen LogP contribution in [0.1, 0.15) is 344 Å². The lowest BCUT2D eigenvalue weighted by Crippen LogP contribution is -2.51. The number of aliphatic hydroxyl groups excluding tert-OH is 1. The SMILES string of the molecule is CC(C)CCCC(C)[C@H]1CC[C@H]2[C@@H]3CC=C4C[C@@H](OC(=O)CCC(=O)O)CC[C@]4(C)[C@H]3CC[C@]12C.CC(C)CCC[C@@H](C)[C@H]1CC[C@H]2[C@@H]3CC=C4C[C@@H](O)CC[C@]4(C)[C@H]3CC[C@]12C.Cc1c(C)c2c(c(C)c1O)CC[C@@](C)(CCC[C@H](C)CCC[C@H](C)CCCC(C)C)O2. The number of carboxylic acid groups (broad SMARTS) is 1. The highest BCUT2D eigenvalue weighted by atomic mass is 16.5. The van der Waals surface area contributed by atoms with Gasteiger partial charge in [-0.3, -0.25) is 9.59 Å². The summed E-state index contributed by atoms with van der Waals surface area (Å²) in [5.74, 6) is 13.2. The molecule has 0 saturated heterocycles. The zero-order chi connectivity index (χ0) is 68.7. The molecule has 3 N–H and O–H groups in total. The highest BCUT2D eigenvalue weighted by Crippen LogP contribution is 2.69. The number of allylic oxidation sites excluding steroid dienone is 2. The van der Waals surface area contributed by atoms with Gasteiger partial charge in [-0.05, 0) is 277 Å². The van der Waals surface area contributed by atoms with Crippen LogP contribution < -0.4 is 4.74 Å². The molecule has 10 rings (SSSR count). The zero-order valence-electron chi connectivity index (χ0n) is 64.2. The summed E-state index contributed by atoms with van der Waals surface area (Å²) >= 11 is 0. The molecule has 0 aromatic heterocycles. The maximum atomic E-state index is 12.1. The Hall–Kier alpha value is -2.80. The molecule has 7 nitrogen and oxygen atoms in total. The fourth-order valence-electron chi connectivity index (χ4n) is 23.1. The molecule has 8 aliphatic carbocycles. The van der Waals surface area contributed by atoms with Gasteiger partial charge < -0.3 is 24.8 Å². The summed E-state index contributed by atoms with van der Waals surface area (Å²) < 4.78 is 12.3. The minimum Gasteiger partial charge on any atom is -0.507 e. The van der Waals surface area contributed by atoms with Gasteiger partial charge in [-0.15, -0.1) is 0 Å². The first kappa shape index (κ1) is 76.9. The number of rotatable bonds is 26. The predicted octanol–water partition coefficient (Wildman–Crippen LogP) is 24.0. The number of phenolic OH excluding ortho intramolecular Hbond substituents is 1. The van der Waals surface area contributed by atoms with Crippen molar-refractivity contribution in [2.75, 3.05) is 0 Å². The summed E-state index contributed by atoms with van der Waals surface area (Å²) in [5, 5.41) is 29.4. The number of ether oxygens (including phenoxy) is 2. The van der Waals surface area contributed by atoms with Crippen molar-refractivity contribution in [3.05, 3.63) is 45.6 Å². The third-order valence-corrected chi connectivity index (χ3v) is 29.2. The van der Waals surface area contributed by atoms with E-state index in [4.69, 9.17) is 14.6 Å². The van der Waals surface area contributed by atoms with Gasteiger partial charge in [0, 0.05) is 12.0 Å². The Morgan fingerprint density at radius 1 is 0.532 bits per heavy atom. The van der Waals surface area contributed by atoms with Gasteiger partial charge in [-0.25, -0.2) is 0 Å². The van der Waals surface area contributed by atoms with Gasteiger partial charge in [-0.2, -0.15) is 0 Å². The largest absolute Gasteiger partial charge is 0.507 e. The Morgan fingerprint density at radius 3 is 1.50 bits per heavy atom. The van der Waals surface area contributed by atoms with Gasteiger partial charge in [0.25, 0.3) is 0 Å². The second kappa shape index (κ2) is 33.1. The van der Waals surface area contributed by atoms with E-state index in [1.165, 1.54) is 172 Å². The molecule has 6 fully saturated rings. The number of aliphatic hydroxyl groups is 1. The van der Waals surface area contributed by atoms with E-state index in [1.54, 1.807) is 5.57 Å². The molecule has 1 unspecified atom stereocenters. The lowest BCUT2D eigenvalue weighted by atomic mass is 9.47. The number of hydrogen-bond donors (Lipinski definition) is 3. The van der Waals surface area contributed by atoms with Crippen molar-refractivity contribution in [1.82, 2.24) is 0 Å². The molecule has 7 heteroatoms. The van der Waals surface area contributed by atoms with Crippen LogP contribution in [0.3, 0.4) is 0 Å². The lowest BCUT2D eigenvalue weighted by molar-refractivity contribution is -0.154. The van der Waals surface area contributed by atoms with Gasteiger partial charge in [0.2, 0.25) is 0 Å². The molecule has 9 aliphatic rings. The van der Waals surface area contributed by atoms with Crippen molar-refractivity contribution >= 4 is 11.9 Å². The third-order valence-electron chi connectivity index (χ3n) is 29.2. The smallest absolute Gasteiger partial charge is 0.306 e. The minimum absolute atomic E-state index is 0.0236. The van der Waals surface area contributed by atoms with Crippen molar-refractivity contribution in [2.24, 2.45) is 110 Å². The molecule has 536 valence electrons. The third kappa shape index (κ3) is 18.0. The summed E-state index contributed by atoms with van der Waals surface area (Å²) in [6, 6.07) is 0. The fourth-order valence-corrected chi connectivity index (χ4v) is 23.1. The summed E-state index contributed by atoms with van der Waals surface area (Å²) in [4.78, 5) is 22.9. The highest BCUT2D eigenvalue weighted by molar-refractivity contribution is 5.76. The average Bonchev–Trinajstić information content (AvgIpc) is 1.41. The summed E-state index contributed by atoms with van der Waals surface area (Å²) in [6.45, 7) is 42.9. The number of hydrogen-bond acceptors (Lipinski definition) is 6. The summed E-state index contributed by atoms with van der Waals surface area (Å²) in [5.41, 5.74) is 9.10. The first-order valence-electron chi connectivity index (χ1n) is 40.3. The van der Waals surface area contributed by atoms with Gasteiger partial charge in [0.1, 0.15) is 23.2 Å². The Bertz CT molecular complexity index is 2680. The van der Waals surface area contributed by atoms with E-state index in [9.17, 15) is 19.8 Å². The maximum Gasteiger partial charge on any atom is 0.306 e. The lowest BCUT2D eigenvalue weighted by Gasteiger charge is -2.58. The van der Waals surface area contributed by atoms with E-state index in [0.29, 0.717) is 22.0 Å². The molecule has 0 spiro atoms. The molecule has 6 saturated carbocycles. The zero-order valence-corrected chi connectivity index (χ0v) is 64.2. The van der Waals surface area contributed by atoms with E-state index >= 15 is 0 Å². The molecular formula is C87H146O7. The van der Waals surface area contributed by atoms with Crippen LogP contribution in [0.2, 0.25) is 0 Å². The Labute approximate surface area is 578 Å². The molecule has 19 atom stereocenters. The number of aromatic hydroxyl groups is 1. The van der Waals surface area contributed by atoms with Crippen LogP contribution in [0.15, 0.2) is 23.3 Å². The number of phenols is 1. The molecule has 1 heterocycles. The fraction of sp³-hybridized carbons (Fsp3) is 0.862. The molecule has 1 aromatic carbocycles. The van der Waals surface area contributed by atoms with E-state index in [1.807, 2.05) is 13.8 Å². The van der Waals surface area contributed by atoms with Crippen LogP contribution in [0, 0.1) is 131 Å². The molecule has 1 aliphatic heterocycles. The van der Waals surface area contributed by atoms with Crippen LogP contribution in [0.25, 0.3) is 0 Å². The van der Waals surface area contributed by atoms with Crippen molar-refractivity contribution in [3.63, 3.8) is 0 Å². The maximum absolute atomic E-state index is 12.1. The molecular weight excluding hydrogens is 1160 g/mol. The number of carbonyl (C=O) groups is 2. The number of carbonyl (C=O) groups excluding carboxylic acids is 1. The number of benzene rings is 1. The molecule has 0 amide bonds. The van der Waals surface area contributed by atoms with Gasteiger partial charge >= 0.3 is 11.9 Å². The van der Waals surface area contributed by atoms with Gasteiger partial charge in [-0.1, -0.05) is 204 Å². The molecule has 0 bridgehead atoms. The standard InChI is InChI=1S/C31H50O4.C29H50O2.C27H46O/c1-20(2)7-6-8-21(3)25-11-12-26-24-10-9-22-19-23(35-29(34)14-13-28(32)33)15-17-30(22,4)27(24)16-18-31(25,26)5;1-20(2)12-9-13-21(3)14-10-15-22(4)16-11-18-29(8)19-17-26-25(7)27(30)23(5)24(6)28(26)31-29;1-18(2)7-6-8-19(3)23-11-12-24-22-10-9-20-17-21(28)13-15-26(20,4)25(22)14-16-27(23,24)5/h9,20-21,23-27H,6-8,10-19H2,1-5H3,(H,32,33);20-22,30H,9-19H2,1-8H3;9,18-19,21-25,28H,6-8,10-17H2,1-5H3/t21?,23-,24-,25+,26-,27-,30-,31+;21-,22-,29-;19-,21+,22+,23-,24+,25+,26+,27-/m011/s1. The number of carboxylic acids is 1. The number of aliphatic carboxylic acids is 1. The van der Waals surface area contributed by atoms with Crippen LogP contribution in [0.4, 0.5) is 0 Å². The Morgan fingerprint density at radius 2 is 1.00 bits per heavy atom. The molecule has 0 radical (unpaired) electrons. The van der Waals surface area contributed by atoms with Crippen LogP contribution >= 0.6 is 0 Å². The normalized spacial score (nSPS) is 35.2. The number of fused-ring (bicyclic) bond motifs is 11. The van der Waals surface area contributed by atoms with Crippen LogP contribution in [0.5, 0.6) is 11.5 Å². The summed E-state index contributed by atoms with van der Waals surface area (Å²) in [6.07, 6.45) is 47.3. The van der Waals surface area contributed by atoms with E-state index in [0.717, 1.165) is 163 Å². The van der Waals surface area contributed by atoms with E-state index < -0.39 is 5.97 Å². The Balaban J connectivity index is 0.000000182. The first-order valence-corrected chi connectivity index (χ1v) is 40.3. The monoisotopic (exact) mass is 1300 g/mol. The minimum atomic E-state index is -0.942. The van der Waals surface area contributed by atoms with E-state index in [-0.39, 0.29) is 42.0 Å². The van der Waals surface area contributed by atoms with Crippen molar-refractivity contribution < 1.29 is 34.4 Å². The van der Waals surface area contributed by atoms with Crippen molar-refractivity contribution in [3.8, 4) is 11.5 Å². The number of esters is 1. The van der Waals surface area contributed by atoms with Crippen LogP contribution in [-0.4, -0.2) is 45.1 Å². The van der Waals surface area contributed by atoms with Gasteiger partial charge in [0.15, 0.2) is 0 Å². The first-order chi connectivity index (χ1) is 44.3. The topological polar surface area (TPSA) is 113 Å². The predicted molar refractivity (Wildman–Crippen MR) is 393 cm³/mol. The summed E-state index contributed by atoms with van der Waals surface area (Å²) in [7, 11) is 0. The van der Waals surface area contributed by atoms with Crippen LogP contribution in [-0.2, 0) is 20.7 Å².